The molecule has 0 spiro atoms. The lowest BCUT2D eigenvalue weighted by Gasteiger charge is -2.16. The molecule has 2 aromatic rings. The second-order valence-electron chi connectivity index (χ2n) is 6.75. The maximum Gasteiger partial charge on any atom is 0.191 e. The molecule has 3 N–H and O–H groups in total. The molecular weight excluding hydrogens is 344 g/mol. The van der Waals surface area contributed by atoms with Gasteiger partial charge < -0.3 is 20.6 Å². The first-order valence-electron chi connectivity index (χ1n) is 9.67. The number of hydrogen-bond donors (Lipinski definition) is 3. The summed E-state index contributed by atoms with van der Waals surface area (Å²) < 4.78 is 1.21. The Hall–Kier alpha value is -1.63. The molecule has 5 nitrogen and oxygen atoms in total. The van der Waals surface area contributed by atoms with Crippen LogP contribution in [0, 0.1) is 0 Å². The SMILES string of the molecule is CCNC(=NCC(O)c1cc2ccccc2s1)NCCCN1CCCC1. The van der Waals surface area contributed by atoms with Crippen LogP contribution in [0.2, 0.25) is 0 Å². The Balaban J connectivity index is 1.48. The summed E-state index contributed by atoms with van der Waals surface area (Å²) in [6, 6.07) is 10.3. The zero-order valence-corrected chi connectivity index (χ0v) is 16.4. The van der Waals surface area contributed by atoms with Crippen molar-refractivity contribution < 1.29 is 5.11 Å². The third kappa shape index (κ3) is 5.43. The Morgan fingerprint density at radius 1 is 1.27 bits per heavy atom. The van der Waals surface area contributed by atoms with E-state index >= 15 is 0 Å². The van der Waals surface area contributed by atoms with Crippen LogP contribution < -0.4 is 10.6 Å². The molecule has 1 saturated heterocycles. The summed E-state index contributed by atoms with van der Waals surface area (Å²) in [7, 11) is 0. The maximum atomic E-state index is 10.5. The molecule has 0 bridgehead atoms. The van der Waals surface area contributed by atoms with Gasteiger partial charge in [0, 0.05) is 22.7 Å². The van der Waals surface area contributed by atoms with Gasteiger partial charge in [0.15, 0.2) is 5.96 Å². The first-order chi connectivity index (χ1) is 12.8. The molecule has 0 radical (unpaired) electrons. The molecule has 1 aliphatic rings. The third-order valence-corrected chi connectivity index (χ3v) is 5.90. The second kappa shape index (κ2) is 9.90. The van der Waals surface area contributed by atoms with E-state index in [2.05, 4.69) is 45.6 Å². The fourth-order valence-electron chi connectivity index (χ4n) is 3.29. The summed E-state index contributed by atoms with van der Waals surface area (Å²) in [5, 5.41) is 18.3. The molecule has 1 aromatic heterocycles. The van der Waals surface area contributed by atoms with Gasteiger partial charge >= 0.3 is 0 Å². The predicted octanol–water partition coefficient (Wildman–Crippen LogP) is 2.98. The van der Waals surface area contributed by atoms with Gasteiger partial charge in [-0.05, 0) is 63.3 Å². The van der Waals surface area contributed by atoms with E-state index in [-0.39, 0.29) is 0 Å². The van der Waals surface area contributed by atoms with E-state index in [0.717, 1.165) is 36.9 Å². The van der Waals surface area contributed by atoms with Crippen LogP contribution >= 0.6 is 11.3 Å². The Labute approximate surface area is 160 Å². The predicted molar refractivity (Wildman–Crippen MR) is 111 cm³/mol. The molecule has 0 aliphatic carbocycles. The van der Waals surface area contributed by atoms with Crippen molar-refractivity contribution in [2.24, 2.45) is 4.99 Å². The van der Waals surface area contributed by atoms with Crippen LogP contribution in [0.1, 0.15) is 37.2 Å². The van der Waals surface area contributed by atoms with Crippen LogP contribution in [0.4, 0.5) is 0 Å². The number of nitrogens with zero attached hydrogens (tertiary/aromatic N) is 2. The van der Waals surface area contributed by atoms with Gasteiger partial charge in [0.2, 0.25) is 0 Å². The Kier molecular flexibility index (Phi) is 7.29. The molecule has 0 amide bonds. The van der Waals surface area contributed by atoms with Crippen LogP contribution in [-0.4, -0.2) is 55.2 Å². The highest BCUT2D eigenvalue weighted by Gasteiger charge is 2.12. The van der Waals surface area contributed by atoms with E-state index < -0.39 is 6.10 Å². The molecule has 1 atom stereocenters. The first-order valence-corrected chi connectivity index (χ1v) is 10.5. The number of guanidine groups is 1. The zero-order valence-electron chi connectivity index (χ0n) is 15.6. The van der Waals surface area contributed by atoms with Gasteiger partial charge in [0.05, 0.1) is 6.54 Å². The molecule has 1 aromatic carbocycles. The van der Waals surface area contributed by atoms with Crippen molar-refractivity contribution in [1.29, 1.82) is 0 Å². The van der Waals surface area contributed by atoms with Crippen LogP contribution in [0.5, 0.6) is 0 Å². The minimum absolute atomic E-state index is 0.369. The smallest absolute Gasteiger partial charge is 0.191 e. The van der Waals surface area contributed by atoms with Crippen molar-refractivity contribution >= 4 is 27.4 Å². The second-order valence-corrected chi connectivity index (χ2v) is 7.87. The molecule has 1 fully saturated rings. The van der Waals surface area contributed by atoms with Crippen LogP contribution in [0.3, 0.4) is 0 Å². The number of aliphatic imine (C=N–C) groups is 1. The van der Waals surface area contributed by atoms with E-state index in [1.165, 1.54) is 36.0 Å². The molecule has 2 heterocycles. The van der Waals surface area contributed by atoms with E-state index in [1.807, 2.05) is 12.1 Å². The number of aliphatic hydroxyl groups excluding tert-OH is 1. The van der Waals surface area contributed by atoms with Crippen molar-refractivity contribution in [3.63, 3.8) is 0 Å². The number of likely N-dealkylation sites (tertiary alicyclic amines) is 1. The highest BCUT2D eigenvalue weighted by atomic mass is 32.1. The van der Waals surface area contributed by atoms with E-state index in [9.17, 15) is 5.11 Å². The number of thiophene rings is 1. The molecule has 1 aliphatic heterocycles. The normalized spacial score (nSPS) is 16.9. The van der Waals surface area contributed by atoms with Crippen molar-refractivity contribution in [3.8, 4) is 0 Å². The number of benzene rings is 1. The topological polar surface area (TPSA) is 59.9 Å². The van der Waals surface area contributed by atoms with Gasteiger partial charge in [0.25, 0.3) is 0 Å². The zero-order chi connectivity index (χ0) is 18.2. The monoisotopic (exact) mass is 374 g/mol. The van der Waals surface area contributed by atoms with Crippen LogP contribution in [-0.2, 0) is 0 Å². The summed E-state index contributed by atoms with van der Waals surface area (Å²) in [5.41, 5.74) is 0. The van der Waals surface area contributed by atoms with Crippen molar-refractivity contribution in [2.75, 3.05) is 39.3 Å². The molecule has 142 valence electrons. The van der Waals surface area contributed by atoms with Crippen molar-refractivity contribution in [2.45, 2.75) is 32.3 Å². The number of aliphatic hydroxyl groups is 1. The summed E-state index contributed by atoms with van der Waals surface area (Å²) in [4.78, 5) is 8.06. The fraction of sp³-hybridized carbons (Fsp3) is 0.550. The van der Waals surface area contributed by atoms with Crippen LogP contribution in [0.15, 0.2) is 35.3 Å². The maximum absolute atomic E-state index is 10.5. The van der Waals surface area contributed by atoms with Gasteiger partial charge in [-0.3, -0.25) is 4.99 Å². The summed E-state index contributed by atoms with van der Waals surface area (Å²) in [6.45, 7) is 7.79. The van der Waals surface area contributed by atoms with E-state index in [1.54, 1.807) is 11.3 Å². The molecular formula is C20H30N4OS. The van der Waals surface area contributed by atoms with E-state index in [0.29, 0.717) is 6.54 Å². The molecule has 26 heavy (non-hydrogen) atoms. The molecule has 0 saturated carbocycles. The standard InChI is InChI=1S/C20H30N4OS/c1-2-21-20(22-10-7-13-24-11-5-6-12-24)23-15-17(25)19-14-16-8-3-4-9-18(16)26-19/h3-4,8-9,14,17,25H,2,5-7,10-13,15H2,1H3,(H2,21,22,23). The number of rotatable bonds is 8. The average molecular weight is 375 g/mol. The van der Waals surface area contributed by atoms with Crippen molar-refractivity contribution in [1.82, 2.24) is 15.5 Å². The van der Waals surface area contributed by atoms with Gasteiger partial charge in [0.1, 0.15) is 6.10 Å². The molecule has 3 rings (SSSR count). The highest BCUT2D eigenvalue weighted by molar-refractivity contribution is 7.19. The van der Waals surface area contributed by atoms with Gasteiger partial charge in [-0.25, -0.2) is 0 Å². The van der Waals surface area contributed by atoms with E-state index in [4.69, 9.17) is 0 Å². The van der Waals surface area contributed by atoms with Gasteiger partial charge in [-0.1, -0.05) is 18.2 Å². The fourth-order valence-corrected chi connectivity index (χ4v) is 4.33. The summed E-state index contributed by atoms with van der Waals surface area (Å²) in [5.74, 6) is 0.786. The summed E-state index contributed by atoms with van der Waals surface area (Å²) >= 11 is 1.64. The number of fused-ring (bicyclic) bond motifs is 1. The third-order valence-electron chi connectivity index (χ3n) is 4.68. The van der Waals surface area contributed by atoms with Crippen molar-refractivity contribution in [3.05, 3.63) is 35.2 Å². The Bertz CT molecular complexity index is 676. The number of hydrogen-bond acceptors (Lipinski definition) is 4. The largest absolute Gasteiger partial charge is 0.386 e. The minimum atomic E-state index is -0.563. The lowest BCUT2D eigenvalue weighted by molar-refractivity contribution is 0.191. The van der Waals surface area contributed by atoms with Gasteiger partial charge in [-0.15, -0.1) is 11.3 Å². The Morgan fingerprint density at radius 2 is 2.08 bits per heavy atom. The average Bonchev–Trinajstić information content (AvgIpc) is 3.32. The highest BCUT2D eigenvalue weighted by Crippen LogP contribution is 2.29. The lowest BCUT2D eigenvalue weighted by Crippen LogP contribution is -2.39. The minimum Gasteiger partial charge on any atom is -0.386 e. The molecule has 1 unspecified atom stereocenters. The van der Waals surface area contributed by atoms with Crippen LogP contribution in [0.25, 0.3) is 10.1 Å². The summed E-state index contributed by atoms with van der Waals surface area (Å²) in [6.07, 6.45) is 3.23. The first kappa shape index (κ1) is 19.1. The quantitative estimate of drug-likeness (QED) is 0.378. The Morgan fingerprint density at radius 3 is 2.85 bits per heavy atom. The number of nitrogens with one attached hydrogen (secondary N) is 2. The lowest BCUT2D eigenvalue weighted by atomic mass is 10.2. The molecule has 6 heteroatoms. The van der Waals surface area contributed by atoms with Gasteiger partial charge in [-0.2, -0.15) is 0 Å².